The second-order valence-electron chi connectivity index (χ2n) is 5.37. The van der Waals surface area contributed by atoms with Crippen LogP contribution in [0, 0.1) is 0 Å². The molecule has 0 fully saturated rings. The molecule has 0 aromatic carbocycles. The van der Waals surface area contributed by atoms with Gasteiger partial charge >= 0.3 is 6.03 Å². The lowest BCUT2D eigenvalue weighted by atomic mass is 9.97. The first-order valence-corrected chi connectivity index (χ1v) is 8.60. The molecule has 2 amide bonds. The Balaban J connectivity index is 1.46. The van der Waals surface area contributed by atoms with Gasteiger partial charge in [0.2, 0.25) is 5.13 Å². The van der Waals surface area contributed by atoms with Crippen LogP contribution in [0.25, 0.3) is 10.7 Å². The van der Waals surface area contributed by atoms with Crippen molar-refractivity contribution in [3.63, 3.8) is 0 Å². The average molecular weight is 329 g/mol. The van der Waals surface area contributed by atoms with Crippen LogP contribution in [0.2, 0.25) is 0 Å². The maximum Gasteiger partial charge on any atom is 0.321 e. The van der Waals surface area contributed by atoms with Crippen LogP contribution in [0.4, 0.5) is 9.93 Å². The fourth-order valence-corrected chi connectivity index (χ4v) is 3.19. The Kier molecular flexibility index (Phi) is 5.31. The quantitative estimate of drug-likeness (QED) is 0.821. The Labute approximate surface area is 139 Å². The Bertz CT molecular complexity index is 683. The van der Waals surface area contributed by atoms with Crippen LogP contribution < -0.4 is 10.6 Å². The number of hydrogen-bond donors (Lipinski definition) is 2. The topological polar surface area (TPSA) is 79.8 Å². The Morgan fingerprint density at radius 2 is 2.22 bits per heavy atom. The average Bonchev–Trinajstić information content (AvgIpc) is 3.05. The molecule has 2 aromatic heterocycles. The number of aromatic nitrogens is 3. The molecule has 2 N–H and O–H groups in total. The first-order chi connectivity index (χ1) is 11.3. The van der Waals surface area contributed by atoms with Crippen molar-refractivity contribution in [3.05, 3.63) is 36.0 Å². The van der Waals surface area contributed by atoms with E-state index < -0.39 is 0 Å². The van der Waals surface area contributed by atoms with E-state index in [-0.39, 0.29) is 6.03 Å². The van der Waals surface area contributed by atoms with Crippen LogP contribution in [0.1, 0.15) is 32.1 Å². The zero-order valence-corrected chi connectivity index (χ0v) is 13.6. The third-order valence-corrected chi connectivity index (χ3v) is 4.51. The van der Waals surface area contributed by atoms with E-state index in [1.165, 1.54) is 36.2 Å². The first kappa shape index (κ1) is 15.6. The second-order valence-corrected chi connectivity index (χ2v) is 6.34. The number of carbonyl (C=O) groups is 1. The maximum absolute atomic E-state index is 11.9. The second kappa shape index (κ2) is 7.82. The predicted octanol–water partition coefficient (Wildman–Crippen LogP) is 3.61. The van der Waals surface area contributed by atoms with E-state index in [4.69, 9.17) is 0 Å². The SMILES string of the molecule is O=C(NCCC1=CCCCC1)Nc1nnc(-c2ccccn2)s1. The normalized spacial score (nSPS) is 14.2. The molecule has 3 rings (SSSR count). The summed E-state index contributed by atoms with van der Waals surface area (Å²) >= 11 is 1.31. The predicted molar refractivity (Wildman–Crippen MR) is 91.3 cm³/mol. The van der Waals surface area contributed by atoms with Gasteiger partial charge in [0.25, 0.3) is 0 Å². The van der Waals surface area contributed by atoms with Gasteiger partial charge in [-0.3, -0.25) is 10.3 Å². The molecule has 2 heterocycles. The van der Waals surface area contributed by atoms with Crippen molar-refractivity contribution >= 4 is 22.5 Å². The number of anilines is 1. The van der Waals surface area contributed by atoms with E-state index in [0.29, 0.717) is 16.7 Å². The molecule has 120 valence electrons. The highest BCUT2D eigenvalue weighted by atomic mass is 32.1. The molecule has 0 spiro atoms. The molecule has 0 aliphatic heterocycles. The highest BCUT2D eigenvalue weighted by Gasteiger charge is 2.10. The molecule has 0 radical (unpaired) electrons. The summed E-state index contributed by atoms with van der Waals surface area (Å²) in [7, 11) is 0. The van der Waals surface area contributed by atoms with Gasteiger partial charge < -0.3 is 5.32 Å². The van der Waals surface area contributed by atoms with Crippen molar-refractivity contribution in [3.8, 4) is 10.7 Å². The van der Waals surface area contributed by atoms with Gasteiger partial charge in [0, 0.05) is 12.7 Å². The van der Waals surface area contributed by atoms with Crippen molar-refractivity contribution in [2.45, 2.75) is 32.1 Å². The van der Waals surface area contributed by atoms with Crippen LogP contribution in [0.15, 0.2) is 36.0 Å². The molecule has 0 unspecified atom stereocenters. The van der Waals surface area contributed by atoms with Gasteiger partial charge in [-0.25, -0.2) is 4.79 Å². The minimum absolute atomic E-state index is 0.245. The summed E-state index contributed by atoms with van der Waals surface area (Å²) < 4.78 is 0. The number of pyridine rings is 1. The van der Waals surface area contributed by atoms with Crippen LogP contribution in [-0.2, 0) is 0 Å². The summed E-state index contributed by atoms with van der Waals surface area (Å²) in [6, 6.07) is 5.36. The number of carbonyl (C=O) groups excluding carboxylic acids is 1. The zero-order valence-electron chi connectivity index (χ0n) is 12.8. The molecule has 1 aliphatic carbocycles. The van der Waals surface area contributed by atoms with Crippen molar-refractivity contribution in [2.75, 3.05) is 11.9 Å². The van der Waals surface area contributed by atoms with Gasteiger partial charge in [0.1, 0.15) is 5.69 Å². The number of rotatable bonds is 5. The van der Waals surface area contributed by atoms with E-state index in [2.05, 4.69) is 31.9 Å². The number of amides is 2. The van der Waals surface area contributed by atoms with E-state index in [0.717, 1.165) is 18.5 Å². The maximum atomic E-state index is 11.9. The minimum Gasteiger partial charge on any atom is -0.337 e. The van der Waals surface area contributed by atoms with Gasteiger partial charge in [0.15, 0.2) is 5.01 Å². The number of nitrogens with one attached hydrogen (secondary N) is 2. The molecule has 2 aromatic rings. The van der Waals surface area contributed by atoms with Crippen molar-refractivity contribution in [1.82, 2.24) is 20.5 Å². The summed E-state index contributed by atoms with van der Waals surface area (Å²) in [5.41, 5.74) is 2.20. The van der Waals surface area contributed by atoms with Crippen molar-refractivity contribution in [2.24, 2.45) is 0 Å². The highest BCUT2D eigenvalue weighted by molar-refractivity contribution is 7.18. The molecule has 23 heavy (non-hydrogen) atoms. The van der Waals surface area contributed by atoms with E-state index in [1.54, 1.807) is 6.20 Å². The highest BCUT2D eigenvalue weighted by Crippen LogP contribution is 2.24. The molecular formula is C16H19N5OS. The lowest BCUT2D eigenvalue weighted by molar-refractivity contribution is 0.252. The number of nitrogens with zero attached hydrogens (tertiary/aromatic N) is 3. The largest absolute Gasteiger partial charge is 0.337 e. The molecule has 0 saturated carbocycles. The van der Waals surface area contributed by atoms with E-state index in [1.807, 2.05) is 18.2 Å². The summed E-state index contributed by atoms with van der Waals surface area (Å²) in [5.74, 6) is 0. The molecule has 0 bridgehead atoms. The fraction of sp³-hybridized carbons (Fsp3) is 0.375. The summed E-state index contributed by atoms with van der Waals surface area (Å²) in [4.78, 5) is 16.1. The number of hydrogen-bond acceptors (Lipinski definition) is 5. The first-order valence-electron chi connectivity index (χ1n) is 7.79. The Morgan fingerprint density at radius 3 is 3.00 bits per heavy atom. The standard InChI is InChI=1S/C16H19N5OS/c22-15(18-11-9-12-6-2-1-3-7-12)19-16-21-20-14(23-16)13-8-4-5-10-17-13/h4-6,8,10H,1-3,7,9,11H2,(H2,18,19,21,22). The van der Waals surface area contributed by atoms with Crippen LogP contribution in [-0.4, -0.2) is 27.8 Å². The zero-order chi connectivity index (χ0) is 15.9. The van der Waals surface area contributed by atoms with Gasteiger partial charge in [-0.1, -0.05) is 29.1 Å². The van der Waals surface area contributed by atoms with Crippen LogP contribution in [0.3, 0.4) is 0 Å². The smallest absolute Gasteiger partial charge is 0.321 e. The molecule has 1 aliphatic rings. The van der Waals surface area contributed by atoms with Gasteiger partial charge in [-0.2, -0.15) is 0 Å². The summed E-state index contributed by atoms with van der Waals surface area (Å²) in [6.45, 7) is 0.642. The van der Waals surface area contributed by atoms with Crippen LogP contribution in [0.5, 0.6) is 0 Å². The lowest BCUT2D eigenvalue weighted by Gasteiger charge is -2.12. The summed E-state index contributed by atoms with van der Waals surface area (Å²) in [5, 5.41) is 14.8. The van der Waals surface area contributed by atoms with Crippen LogP contribution >= 0.6 is 11.3 Å². The molecule has 6 nitrogen and oxygen atoms in total. The fourth-order valence-electron chi connectivity index (χ4n) is 2.48. The third kappa shape index (κ3) is 4.59. The van der Waals surface area contributed by atoms with E-state index >= 15 is 0 Å². The lowest BCUT2D eigenvalue weighted by Crippen LogP contribution is -2.29. The monoisotopic (exact) mass is 329 g/mol. The van der Waals surface area contributed by atoms with Crippen molar-refractivity contribution in [1.29, 1.82) is 0 Å². The molecule has 7 heteroatoms. The number of allylic oxidation sites excluding steroid dienone is 1. The third-order valence-electron chi connectivity index (χ3n) is 3.65. The molecule has 0 atom stereocenters. The minimum atomic E-state index is -0.245. The number of urea groups is 1. The molecule has 0 saturated heterocycles. The van der Waals surface area contributed by atoms with Gasteiger partial charge in [0.05, 0.1) is 0 Å². The van der Waals surface area contributed by atoms with Gasteiger partial charge in [-0.05, 0) is 44.2 Å². The van der Waals surface area contributed by atoms with Gasteiger partial charge in [-0.15, -0.1) is 10.2 Å². The molecular weight excluding hydrogens is 310 g/mol. The summed E-state index contributed by atoms with van der Waals surface area (Å²) in [6.07, 6.45) is 9.80. The Morgan fingerprint density at radius 1 is 1.26 bits per heavy atom. The van der Waals surface area contributed by atoms with E-state index in [9.17, 15) is 4.79 Å². The van der Waals surface area contributed by atoms with Crippen molar-refractivity contribution < 1.29 is 4.79 Å². The Hall–Kier alpha value is -2.28.